The van der Waals surface area contributed by atoms with Crippen molar-refractivity contribution in [1.29, 1.82) is 0 Å². The van der Waals surface area contributed by atoms with Crippen molar-refractivity contribution >= 4 is 39.0 Å². The molecule has 0 aliphatic rings. The quantitative estimate of drug-likeness (QED) is 0.324. The van der Waals surface area contributed by atoms with Gasteiger partial charge in [0.1, 0.15) is 0 Å². The predicted octanol–water partition coefficient (Wildman–Crippen LogP) is 6.25. The van der Waals surface area contributed by atoms with Crippen molar-refractivity contribution in [2.45, 2.75) is 0 Å². The first kappa shape index (κ1) is 14.4. The summed E-state index contributed by atoms with van der Waals surface area (Å²) in [4.78, 5) is 2.50. The van der Waals surface area contributed by atoms with Crippen LogP contribution in [0.5, 0.6) is 0 Å². The molecule has 0 amide bonds. The predicted molar refractivity (Wildman–Crippen MR) is 97.4 cm³/mol. The summed E-state index contributed by atoms with van der Waals surface area (Å²) in [7, 11) is 0. The minimum atomic E-state index is 0.925. The van der Waals surface area contributed by atoms with Gasteiger partial charge in [0, 0.05) is 17.5 Å². The van der Waals surface area contributed by atoms with Crippen LogP contribution in [-0.2, 0) is 0 Å². The average molecular weight is 306 g/mol. The van der Waals surface area contributed by atoms with E-state index in [1.807, 2.05) is 30.3 Å². The highest BCUT2D eigenvalue weighted by atomic mass is 35.5. The van der Waals surface area contributed by atoms with Gasteiger partial charge in [0.15, 0.2) is 0 Å². The third-order valence-electron chi connectivity index (χ3n) is 3.50. The summed E-state index contributed by atoms with van der Waals surface area (Å²) < 4.78 is 0. The van der Waals surface area contributed by atoms with E-state index in [1.165, 1.54) is 21.5 Å². The van der Waals surface area contributed by atoms with Gasteiger partial charge in [0.2, 0.25) is 0 Å². The third kappa shape index (κ3) is 3.38. The van der Waals surface area contributed by atoms with E-state index < -0.39 is 0 Å². The lowest BCUT2D eigenvalue weighted by Gasteiger charge is -2.00. The summed E-state index contributed by atoms with van der Waals surface area (Å²) in [5.74, 6) is 0. The standard InChI is InChI=1S/C14H10.C6H6ClN/c1-2-6-12-10-14-8-4-3-7-13(14)9-11(12)5-1;7-8-6-4-2-1-3-5-6/h1-10H;1-5,8H. The van der Waals surface area contributed by atoms with Gasteiger partial charge < -0.3 is 0 Å². The van der Waals surface area contributed by atoms with Gasteiger partial charge in [-0.3, -0.25) is 4.84 Å². The molecule has 4 aromatic rings. The van der Waals surface area contributed by atoms with Crippen molar-refractivity contribution in [3.63, 3.8) is 0 Å². The number of para-hydroxylation sites is 1. The number of nitrogens with one attached hydrogen (secondary N) is 1. The highest BCUT2D eigenvalue weighted by Crippen LogP contribution is 2.22. The Balaban J connectivity index is 0.000000154. The minimum Gasteiger partial charge on any atom is -0.299 e. The molecule has 0 atom stereocenters. The first-order chi connectivity index (χ1) is 10.9. The van der Waals surface area contributed by atoms with Crippen molar-refractivity contribution in [2.75, 3.05) is 4.84 Å². The van der Waals surface area contributed by atoms with Crippen molar-refractivity contribution in [1.82, 2.24) is 0 Å². The molecule has 0 saturated heterocycles. The van der Waals surface area contributed by atoms with Gasteiger partial charge in [0.25, 0.3) is 0 Å². The number of benzene rings is 4. The topological polar surface area (TPSA) is 12.0 Å². The monoisotopic (exact) mass is 305 g/mol. The van der Waals surface area contributed by atoms with Gasteiger partial charge >= 0.3 is 0 Å². The maximum absolute atomic E-state index is 5.28. The van der Waals surface area contributed by atoms with E-state index in [9.17, 15) is 0 Å². The molecule has 0 fully saturated rings. The lowest BCUT2D eigenvalue weighted by atomic mass is 10.0. The molecule has 0 aromatic heterocycles. The van der Waals surface area contributed by atoms with Gasteiger partial charge in [-0.15, -0.1) is 0 Å². The van der Waals surface area contributed by atoms with Crippen molar-refractivity contribution in [2.24, 2.45) is 0 Å². The van der Waals surface area contributed by atoms with E-state index in [1.54, 1.807) is 0 Å². The van der Waals surface area contributed by atoms with Gasteiger partial charge in [0.05, 0.1) is 0 Å². The first-order valence-corrected chi connectivity index (χ1v) is 7.54. The minimum absolute atomic E-state index is 0.925. The first-order valence-electron chi connectivity index (χ1n) is 7.16. The fourth-order valence-corrected chi connectivity index (χ4v) is 2.51. The van der Waals surface area contributed by atoms with Crippen LogP contribution in [0.25, 0.3) is 21.5 Å². The van der Waals surface area contributed by atoms with Crippen LogP contribution in [0.2, 0.25) is 0 Å². The van der Waals surface area contributed by atoms with E-state index in [0.717, 1.165) is 5.69 Å². The van der Waals surface area contributed by atoms with Crippen LogP contribution in [0.15, 0.2) is 91.0 Å². The second kappa shape index (κ2) is 6.97. The maximum atomic E-state index is 5.28. The normalized spacial score (nSPS) is 10.0. The zero-order valence-corrected chi connectivity index (χ0v) is 12.8. The van der Waals surface area contributed by atoms with Crippen LogP contribution in [0.4, 0.5) is 5.69 Å². The summed E-state index contributed by atoms with van der Waals surface area (Å²) in [6, 6.07) is 31.0. The highest BCUT2D eigenvalue weighted by Gasteiger charge is 1.95. The second-order valence-electron chi connectivity index (χ2n) is 5.01. The molecule has 0 spiro atoms. The zero-order valence-electron chi connectivity index (χ0n) is 12.0. The van der Waals surface area contributed by atoms with E-state index >= 15 is 0 Å². The molecule has 0 saturated carbocycles. The molecule has 0 unspecified atom stereocenters. The Bertz CT molecular complexity index is 767. The van der Waals surface area contributed by atoms with Crippen LogP contribution in [0.1, 0.15) is 0 Å². The van der Waals surface area contributed by atoms with Crippen molar-refractivity contribution in [3.05, 3.63) is 91.0 Å². The summed E-state index contributed by atoms with van der Waals surface area (Å²) in [5, 5.41) is 5.25. The molecule has 1 N–H and O–H groups in total. The molecule has 0 heterocycles. The SMILES string of the molecule is ClNc1ccccc1.c1ccc2cc3ccccc3cc2c1. The molecule has 22 heavy (non-hydrogen) atoms. The molecule has 0 aliphatic heterocycles. The van der Waals surface area contributed by atoms with Crippen molar-refractivity contribution in [3.8, 4) is 0 Å². The molecule has 0 bridgehead atoms. The van der Waals surface area contributed by atoms with Gasteiger partial charge in [-0.05, 0) is 45.8 Å². The Morgan fingerprint density at radius 2 is 0.864 bits per heavy atom. The summed E-state index contributed by atoms with van der Waals surface area (Å²) in [6.45, 7) is 0. The smallest absolute Gasteiger partial charge is 0.0491 e. The van der Waals surface area contributed by atoms with Crippen molar-refractivity contribution < 1.29 is 0 Å². The molecular weight excluding hydrogens is 290 g/mol. The van der Waals surface area contributed by atoms with Crippen LogP contribution in [-0.4, -0.2) is 0 Å². The average Bonchev–Trinajstić information content (AvgIpc) is 2.61. The maximum Gasteiger partial charge on any atom is 0.0491 e. The molecule has 4 rings (SSSR count). The van der Waals surface area contributed by atoms with E-state index in [2.05, 4.69) is 65.5 Å². The molecule has 108 valence electrons. The summed E-state index contributed by atoms with van der Waals surface area (Å²) >= 11 is 5.28. The van der Waals surface area contributed by atoms with Crippen LogP contribution < -0.4 is 4.84 Å². The Hall–Kier alpha value is -2.51. The van der Waals surface area contributed by atoms with E-state index in [4.69, 9.17) is 11.8 Å². The molecule has 4 aromatic carbocycles. The Labute approximate surface area is 135 Å². The number of anilines is 1. The number of hydrogen-bond acceptors (Lipinski definition) is 1. The lowest BCUT2D eigenvalue weighted by Crippen LogP contribution is -1.75. The van der Waals surface area contributed by atoms with Gasteiger partial charge in [-0.25, -0.2) is 0 Å². The van der Waals surface area contributed by atoms with E-state index in [0.29, 0.717) is 0 Å². The number of rotatable bonds is 1. The summed E-state index contributed by atoms with van der Waals surface area (Å²) in [5.41, 5.74) is 0.925. The Kier molecular flexibility index (Phi) is 4.57. The Morgan fingerprint density at radius 3 is 1.18 bits per heavy atom. The highest BCUT2D eigenvalue weighted by molar-refractivity contribution is 6.23. The summed E-state index contributed by atoms with van der Waals surface area (Å²) in [6.07, 6.45) is 0. The van der Waals surface area contributed by atoms with E-state index in [-0.39, 0.29) is 0 Å². The van der Waals surface area contributed by atoms with Crippen LogP contribution in [0, 0.1) is 0 Å². The van der Waals surface area contributed by atoms with Crippen LogP contribution in [0.3, 0.4) is 0 Å². The number of halogens is 1. The lowest BCUT2D eigenvalue weighted by molar-refractivity contribution is 1.68. The molecular formula is C20H16ClN. The molecule has 1 nitrogen and oxygen atoms in total. The fraction of sp³-hybridized carbons (Fsp3) is 0. The second-order valence-corrected chi connectivity index (χ2v) is 5.20. The van der Waals surface area contributed by atoms with Crippen LogP contribution >= 0.6 is 11.8 Å². The third-order valence-corrected chi connectivity index (χ3v) is 3.72. The Morgan fingerprint density at radius 1 is 0.500 bits per heavy atom. The largest absolute Gasteiger partial charge is 0.299 e. The fourth-order valence-electron chi connectivity index (χ4n) is 2.38. The zero-order chi connectivity index (χ0) is 15.2. The number of fused-ring (bicyclic) bond motifs is 2. The molecule has 0 aliphatic carbocycles. The number of hydrogen-bond donors (Lipinski definition) is 1. The van der Waals surface area contributed by atoms with Gasteiger partial charge in [-0.2, -0.15) is 0 Å². The molecule has 0 radical (unpaired) electrons. The van der Waals surface area contributed by atoms with Gasteiger partial charge in [-0.1, -0.05) is 66.7 Å². The molecule has 2 heteroatoms.